The number of hydrogen-bond donors (Lipinski definition) is 0. The first-order valence-electron chi connectivity index (χ1n) is 8.90. The number of nitrogens with zero attached hydrogens (tertiary/aromatic N) is 2. The Kier molecular flexibility index (Phi) is 5.86. The van der Waals surface area contributed by atoms with Crippen molar-refractivity contribution in [1.29, 1.82) is 0 Å². The monoisotopic (exact) mass is 366 g/mol. The van der Waals surface area contributed by atoms with Crippen LogP contribution in [0.25, 0.3) is 0 Å². The summed E-state index contributed by atoms with van der Waals surface area (Å²) < 4.78 is 10.6. The molecular formula is C21H22N2O4. The van der Waals surface area contributed by atoms with Crippen LogP contribution >= 0.6 is 0 Å². The van der Waals surface area contributed by atoms with E-state index in [9.17, 15) is 9.59 Å². The molecule has 1 aliphatic heterocycles. The van der Waals surface area contributed by atoms with Crippen LogP contribution in [0.3, 0.4) is 0 Å². The lowest BCUT2D eigenvalue weighted by Crippen LogP contribution is -2.25. The van der Waals surface area contributed by atoms with E-state index in [1.807, 2.05) is 48.5 Å². The van der Waals surface area contributed by atoms with Crippen molar-refractivity contribution in [3.63, 3.8) is 0 Å². The smallest absolute Gasteiger partial charge is 0.344 e. The fourth-order valence-electron chi connectivity index (χ4n) is 3.07. The zero-order valence-corrected chi connectivity index (χ0v) is 15.4. The Bertz CT molecular complexity index is 848. The van der Waals surface area contributed by atoms with Crippen molar-refractivity contribution < 1.29 is 19.1 Å². The van der Waals surface area contributed by atoms with Crippen molar-refractivity contribution in [2.75, 3.05) is 13.2 Å². The second-order valence-corrected chi connectivity index (χ2v) is 6.13. The minimum absolute atomic E-state index is 0.147. The van der Waals surface area contributed by atoms with Gasteiger partial charge in [0.2, 0.25) is 5.91 Å². The molecule has 1 heterocycles. The minimum atomic E-state index is -0.427. The molecule has 0 aliphatic carbocycles. The van der Waals surface area contributed by atoms with E-state index in [1.165, 1.54) is 11.9 Å². The Hall–Kier alpha value is -3.15. The first kappa shape index (κ1) is 18.6. The molecule has 2 aromatic rings. The summed E-state index contributed by atoms with van der Waals surface area (Å²) in [6, 6.07) is 16.9. The Morgan fingerprint density at radius 3 is 2.52 bits per heavy atom. The Balaban J connectivity index is 1.85. The molecule has 0 spiro atoms. The van der Waals surface area contributed by atoms with Gasteiger partial charge in [-0.25, -0.2) is 9.80 Å². The van der Waals surface area contributed by atoms with Crippen LogP contribution in [0.5, 0.6) is 5.75 Å². The first-order valence-corrected chi connectivity index (χ1v) is 8.90. The highest BCUT2D eigenvalue weighted by molar-refractivity contribution is 6.03. The van der Waals surface area contributed by atoms with Crippen LogP contribution in [0.2, 0.25) is 0 Å². The minimum Gasteiger partial charge on any atom is -0.482 e. The van der Waals surface area contributed by atoms with Gasteiger partial charge >= 0.3 is 5.97 Å². The lowest BCUT2D eigenvalue weighted by molar-refractivity contribution is -0.145. The van der Waals surface area contributed by atoms with Crippen molar-refractivity contribution in [3.8, 4) is 5.75 Å². The molecule has 0 bridgehead atoms. The summed E-state index contributed by atoms with van der Waals surface area (Å²) in [6.07, 6.45) is 0.573. The van der Waals surface area contributed by atoms with Gasteiger partial charge in [-0.1, -0.05) is 48.5 Å². The maximum absolute atomic E-state index is 12.2. The largest absolute Gasteiger partial charge is 0.482 e. The molecule has 0 saturated carbocycles. The summed E-state index contributed by atoms with van der Waals surface area (Å²) in [7, 11) is 0. The molecule has 6 heteroatoms. The molecule has 1 aliphatic rings. The van der Waals surface area contributed by atoms with E-state index in [0.29, 0.717) is 18.8 Å². The summed E-state index contributed by atoms with van der Waals surface area (Å²) in [5.41, 5.74) is 2.64. The first-order chi connectivity index (χ1) is 13.1. The van der Waals surface area contributed by atoms with E-state index in [4.69, 9.17) is 9.47 Å². The summed E-state index contributed by atoms with van der Waals surface area (Å²) in [5.74, 6) is -0.0270. The third-order valence-electron chi connectivity index (χ3n) is 4.27. The fraction of sp³-hybridized carbons (Fsp3) is 0.286. The topological polar surface area (TPSA) is 68.2 Å². The van der Waals surface area contributed by atoms with Crippen LogP contribution in [-0.2, 0) is 14.3 Å². The molecule has 0 N–H and O–H groups in total. The van der Waals surface area contributed by atoms with E-state index in [0.717, 1.165) is 16.8 Å². The summed E-state index contributed by atoms with van der Waals surface area (Å²) in [4.78, 5) is 23.8. The molecule has 0 fully saturated rings. The van der Waals surface area contributed by atoms with Crippen LogP contribution in [0.4, 0.5) is 0 Å². The lowest BCUT2D eigenvalue weighted by atomic mass is 9.97. The van der Waals surface area contributed by atoms with Crippen molar-refractivity contribution in [1.82, 2.24) is 5.01 Å². The quantitative estimate of drug-likeness (QED) is 0.736. The average molecular weight is 366 g/mol. The van der Waals surface area contributed by atoms with Gasteiger partial charge in [-0.2, -0.15) is 5.10 Å². The number of carbonyl (C=O) groups excluding carboxylic acids is 2. The van der Waals surface area contributed by atoms with Gasteiger partial charge in [-0.3, -0.25) is 4.79 Å². The third-order valence-corrected chi connectivity index (χ3v) is 4.27. The standard InChI is InChI=1S/C21H22N2O4/c1-3-26-21(25)14-27-20-12-8-7-11-17(20)19-13-18(22-23(19)15(2)24)16-9-5-4-6-10-16/h4-12,19H,3,13-14H2,1-2H3. The van der Waals surface area contributed by atoms with E-state index in [-0.39, 0.29) is 18.6 Å². The molecule has 0 saturated heterocycles. The van der Waals surface area contributed by atoms with Gasteiger partial charge in [-0.15, -0.1) is 0 Å². The molecular weight excluding hydrogens is 344 g/mol. The molecule has 0 radical (unpaired) electrons. The number of hydrazone groups is 1. The van der Waals surface area contributed by atoms with Crippen molar-refractivity contribution in [3.05, 3.63) is 65.7 Å². The lowest BCUT2D eigenvalue weighted by Gasteiger charge is -2.22. The van der Waals surface area contributed by atoms with Gasteiger partial charge in [0.1, 0.15) is 5.75 Å². The Morgan fingerprint density at radius 2 is 1.81 bits per heavy atom. The average Bonchev–Trinajstić information content (AvgIpc) is 3.13. The Labute approximate surface area is 158 Å². The van der Waals surface area contributed by atoms with E-state index >= 15 is 0 Å². The highest BCUT2D eigenvalue weighted by atomic mass is 16.6. The van der Waals surface area contributed by atoms with Gasteiger partial charge in [-0.05, 0) is 18.6 Å². The third kappa shape index (κ3) is 4.34. The predicted molar refractivity (Wildman–Crippen MR) is 101 cm³/mol. The highest BCUT2D eigenvalue weighted by Gasteiger charge is 2.33. The second-order valence-electron chi connectivity index (χ2n) is 6.13. The number of benzene rings is 2. The van der Waals surface area contributed by atoms with E-state index < -0.39 is 5.97 Å². The van der Waals surface area contributed by atoms with E-state index in [1.54, 1.807) is 13.0 Å². The van der Waals surface area contributed by atoms with Gasteiger partial charge < -0.3 is 9.47 Å². The molecule has 1 unspecified atom stereocenters. The van der Waals surface area contributed by atoms with Crippen LogP contribution in [0.1, 0.15) is 37.4 Å². The molecule has 140 valence electrons. The highest BCUT2D eigenvalue weighted by Crippen LogP contribution is 2.37. The van der Waals surface area contributed by atoms with Gasteiger partial charge in [0.05, 0.1) is 18.4 Å². The molecule has 6 nitrogen and oxygen atoms in total. The van der Waals surface area contributed by atoms with Crippen LogP contribution < -0.4 is 4.74 Å². The fourth-order valence-corrected chi connectivity index (χ4v) is 3.07. The number of para-hydroxylation sites is 1. The maximum Gasteiger partial charge on any atom is 0.344 e. The Morgan fingerprint density at radius 1 is 1.11 bits per heavy atom. The van der Waals surface area contributed by atoms with E-state index in [2.05, 4.69) is 5.10 Å². The number of amides is 1. The summed E-state index contributed by atoms with van der Waals surface area (Å²) in [6.45, 7) is 3.37. The summed E-state index contributed by atoms with van der Waals surface area (Å²) >= 11 is 0. The van der Waals surface area contributed by atoms with Crippen molar-refractivity contribution in [2.24, 2.45) is 5.10 Å². The van der Waals surface area contributed by atoms with Crippen molar-refractivity contribution >= 4 is 17.6 Å². The second kappa shape index (κ2) is 8.49. The molecule has 27 heavy (non-hydrogen) atoms. The van der Waals surface area contributed by atoms with Gasteiger partial charge in [0.25, 0.3) is 0 Å². The number of hydrogen-bond acceptors (Lipinski definition) is 5. The number of rotatable bonds is 6. The molecule has 2 aromatic carbocycles. The zero-order valence-electron chi connectivity index (χ0n) is 15.4. The molecule has 0 aromatic heterocycles. The zero-order chi connectivity index (χ0) is 19.2. The summed E-state index contributed by atoms with van der Waals surface area (Å²) in [5, 5.41) is 6.02. The SMILES string of the molecule is CCOC(=O)COc1ccccc1C1CC(c2ccccc2)=NN1C(C)=O. The normalized spacial score (nSPS) is 16.0. The predicted octanol–water partition coefficient (Wildman–Crippen LogP) is 3.33. The molecule has 1 atom stereocenters. The number of carbonyl (C=O) groups is 2. The molecule has 1 amide bonds. The van der Waals surface area contributed by atoms with Crippen LogP contribution in [-0.4, -0.2) is 35.8 Å². The maximum atomic E-state index is 12.2. The number of esters is 1. The van der Waals surface area contributed by atoms with Gasteiger partial charge in [0, 0.05) is 18.9 Å². The molecule has 3 rings (SSSR count). The van der Waals surface area contributed by atoms with Crippen molar-refractivity contribution in [2.45, 2.75) is 26.3 Å². The van der Waals surface area contributed by atoms with Crippen LogP contribution in [0, 0.1) is 0 Å². The van der Waals surface area contributed by atoms with Crippen LogP contribution in [0.15, 0.2) is 59.7 Å². The number of ether oxygens (including phenoxy) is 2. The van der Waals surface area contributed by atoms with Gasteiger partial charge in [0.15, 0.2) is 6.61 Å².